The molecule has 0 radical (unpaired) electrons. The number of thiocarbonyl (C=S) groups is 1. The Labute approximate surface area is 107 Å². The van der Waals surface area contributed by atoms with E-state index in [-0.39, 0.29) is 6.10 Å². The van der Waals surface area contributed by atoms with Crippen LogP contribution in [0.5, 0.6) is 11.5 Å². The molecule has 0 saturated carbocycles. The van der Waals surface area contributed by atoms with Gasteiger partial charge in [-0.05, 0) is 24.4 Å². The number of fused-ring (bicyclic) bond motifs is 1. The molecular formula is C12H16N2O2S. The Morgan fingerprint density at radius 1 is 1.47 bits per heavy atom. The van der Waals surface area contributed by atoms with Gasteiger partial charge in [-0.25, -0.2) is 0 Å². The van der Waals surface area contributed by atoms with Crippen molar-refractivity contribution in [3.05, 3.63) is 24.3 Å². The molecule has 1 atom stereocenters. The second-order valence-corrected chi connectivity index (χ2v) is 4.32. The number of para-hydroxylation sites is 2. The van der Waals surface area contributed by atoms with Crippen LogP contribution in [-0.4, -0.2) is 43.4 Å². The van der Waals surface area contributed by atoms with Crippen LogP contribution < -0.4 is 14.8 Å². The van der Waals surface area contributed by atoms with Gasteiger partial charge in [-0.3, -0.25) is 0 Å². The minimum atomic E-state index is 0.00111. The van der Waals surface area contributed by atoms with Crippen molar-refractivity contribution < 1.29 is 9.47 Å². The summed E-state index contributed by atoms with van der Waals surface area (Å²) in [5.41, 5.74) is 0. The van der Waals surface area contributed by atoms with Crippen molar-refractivity contribution in [2.45, 2.75) is 6.10 Å². The van der Waals surface area contributed by atoms with E-state index in [2.05, 4.69) is 5.32 Å². The van der Waals surface area contributed by atoms with Gasteiger partial charge in [0.2, 0.25) is 0 Å². The molecule has 17 heavy (non-hydrogen) atoms. The fraction of sp³-hybridized carbons (Fsp3) is 0.417. The lowest BCUT2D eigenvalue weighted by atomic mass is 10.2. The van der Waals surface area contributed by atoms with Gasteiger partial charge in [-0.2, -0.15) is 0 Å². The molecule has 4 nitrogen and oxygen atoms in total. The third-order valence-corrected chi connectivity index (χ3v) is 3.12. The SMILES string of the molecule is CNC(=S)N(C)C[C@@H]1COc2ccccc2O1. The maximum Gasteiger partial charge on any atom is 0.168 e. The zero-order valence-electron chi connectivity index (χ0n) is 9.97. The average Bonchev–Trinajstić information content (AvgIpc) is 2.37. The first-order valence-corrected chi connectivity index (χ1v) is 5.93. The van der Waals surface area contributed by atoms with Crippen LogP contribution in [-0.2, 0) is 0 Å². The van der Waals surface area contributed by atoms with Gasteiger partial charge in [0.05, 0.1) is 6.54 Å². The first-order valence-electron chi connectivity index (χ1n) is 5.52. The molecule has 0 fully saturated rings. The van der Waals surface area contributed by atoms with Gasteiger partial charge < -0.3 is 19.7 Å². The Morgan fingerprint density at radius 2 is 2.18 bits per heavy atom. The lowest BCUT2D eigenvalue weighted by molar-refractivity contribution is 0.0780. The molecular weight excluding hydrogens is 236 g/mol. The van der Waals surface area contributed by atoms with Gasteiger partial charge >= 0.3 is 0 Å². The molecule has 5 heteroatoms. The zero-order chi connectivity index (χ0) is 12.3. The van der Waals surface area contributed by atoms with Gasteiger partial charge in [-0.15, -0.1) is 0 Å². The van der Waals surface area contributed by atoms with Crippen molar-refractivity contribution in [2.24, 2.45) is 0 Å². The normalized spacial score (nSPS) is 17.4. The summed E-state index contributed by atoms with van der Waals surface area (Å²) < 4.78 is 11.5. The van der Waals surface area contributed by atoms with Crippen LogP contribution >= 0.6 is 12.2 Å². The summed E-state index contributed by atoms with van der Waals surface area (Å²) in [4.78, 5) is 1.94. The summed E-state index contributed by atoms with van der Waals surface area (Å²) in [5.74, 6) is 1.61. The molecule has 0 bridgehead atoms. The van der Waals surface area contributed by atoms with Gasteiger partial charge in [0.1, 0.15) is 6.61 Å². The summed E-state index contributed by atoms with van der Waals surface area (Å²) in [6.07, 6.45) is 0.00111. The molecule has 0 unspecified atom stereocenters. The molecule has 0 aliphatic carbocycles. The Hall–Kier alpha value is -1.49. The van der Waals surface area contributed by atoms with Crippen molar-refractivity contribution in [3.8, 4) is 11.5 Å². The molecule has 0 aromatic heterocycles. The maximum atomic E-state index is 5.84. The highest BCUT2D eigenvalue weighted by atomic mass is 32.1. The van der Waals surface area contributed by atoms with E-state index in [9.17, 15) is 0 Å². The maximum absolute atomic E-state index is 5.84. The molecule has 0 spiro atoms. The van der Waals surface area contributed by atoms with Crippen LogP contribution in [0.2, 0.25) is 0 Å². The first-order chi connectivity index (χ1) is 8.20. The second-order valence-electron chi connectivity index (χ2n) is 3.93. The Bertz CT molecular complexity index is 411. The van der Waals surface area contributed by atoms with E-state index >= 15 is 0 Å². The van der Waals surface area contributed by atoms with Crippen LogP contribution in [0, 0.1) is 0 Å². The summed E-state index contributed by atoms with van der Waals surface area (Å²) in [7, 11) is 3.75. The lowest BCUT2D eigenvalue weighted by Gasteiger charge is -2.30. The molecule has 1 aromatic carbocycles. The minimum absolute atomic E-state index is 0.00111. The first kappa shape index (κ1) is 12.0. The number of rotatable bonds is 2. The van der Waals surface area contributed by atoms with Gasteiger partial charge in [0.15, 0.2) is 22.7 Å². The van der Waals surface area contributed by atoms with Crippen molar-refractivity contribution in [1.29, 1.82) is 0 Å². The third-order valence-electron chi connectivity index (χ3n) is 2.61. The Morgan fingerprint density at radius 3 is 2.88 bits per heavy atom. The van der Waals surface area contributed by atoms with E-state index in [4.69, 9.17) is 21.7 Å². The topological polar surface area (TPSA) is 33.7 Å². The van der Waals surface area contributed by atoms with Crippen LogP contribution in [0.15, 0.2) is 24.3 Å². The van der Waals surface area contributed by atoms with E-state index in [1.165, 1.54) is 0 Å². The summed E-state index contributed by atoms with van der Waals surface area (Å²) in [5, 5.41) is 3.64. The summed E-state index contributed by atoms with van der Waals surface area (Å²) >= 11 is 5.14. The minimum Gasteiger partial charge on any atom is -0.486 e. The molecule has 1 heterocycles. The smallest absolute Gasteiger partial charge is 0.168 e. The average molecular weight is 252 g/mol. The second kappa shape index (κ2) is 5.23. The Kier molecular flexibility index (Phi) is 3.68. The van der Waals surface area contributed by atoms with Crippen molar-refractivity contribution in [2.75, 3.05) is 27.2 Å². The van der Waals surface area contributed by atoms with Crippen LogP contribution in [0.25, 0.3) is 0 Å². The molecule has 1 aromatic rings. The number of ether oxygens (including phenoxy) is 2. The number of nitrogens with one attached hydrogen (secondary N) is 1. The van der Waals surface area contributed by atoms with Crippen LogP contribution in [0.3, 0.4) is 0 Å². The van der Waals surface area contributed by atoms with Gasteiger partial charge in [-0.1, -0.05) is 12.1 Å². The molecule has 0 saturated heterocycles. The van der Waals surface area contributed by atoms with Crippen molar-refractivity contribution >= 4 is 17.3 Å². The fourth-order valence-corrected chi connectivity index (χ4v) is 1.81. The largest absolute Gasteiger partial charge is 0.486 e. The molecule has 2 rings (SSSR count). The highest BCUT2D eigenvalue weighted by Gasteiger charge is 2.22. The lowest BCUT2D eigenvalue weighted by Crippen LogP contribution is -2.44. The molecule has 0 amide bonds. The predicted octanol–water partition coefficient (Wildman–Crippen LogP) is 1.26. The molecule has 1 aliphatic heterocycles. The highest BCUT2D eigenvalue weighted by molar-refractivity contribution is 7.80. The number of nitrogens with zero attached hydrogens (tertiary/aromatic N) is 1. The van der Waals surface area contributed by atoms with Gasteiger partial charge in [0.25, 0.3) is 0 Å². The van der Waals surface area contributed by atoms with E-state index in [0.29, 0.717) is 18.3 Å². The fourth-order valence-electron chi connectivity index (χ4n) is 1.73. The third kappa shape index (κ3) is 2.79. The number of likely N-dealkylation sites (N-methyl/N-ethyl adjacent to an activating group) is 1. The summed E-state index contributed by atoms with van der Waals surface area (Å²) in [6.45, 7) is 1.25. The number of hydrogen-bond acceptors (Lipinski definition) is 3. The zero-order valence-corrected chi connectivity index (χ0v) is 10.8. The van der Waals surface area contributed by atoms with E-state index in [1.807, 2.05) is 43.3 Å². The van der Waals surface area contributed by atoms with E-state index in [0.717, 1.165) is 11.5 Å². The van der Waals surface area contributed by atoms with Gasteiger partial charge in [0, 0.05) is 14.1 Å². The van der Waals surface area contributed by atoms with Crippen LogP contribution in [0.1, 0.15) is 0 Å². The summed E-state index contributed by atoms with van der Waals surface area (Å²) in [6, 6.07) is 7.70. The molecule has 92 valence electrons. The standard InChI is InChI=1S/C12H16N2O2S/c1-13-12(17)14(2)7-9-8-15-10-5-3-4-6-11(10)16-9/h3-6,9H,7-8H2,1-2H3,(H,13,17)/t9-/m1/s1. The number of hydrogen-bond donors (Lipinski definition) is 1. The number of benzene rings is 1. The monoisotopic (exact) mass is 252 g/mol. The van der Waals surface area contributed by atoms with Crippen molar-refractivity contribution in [1.82, 2.24) is 10.2 Å². The quantitative estimate of drug-likeness (QED) is 0.802. The molecule has 1 aliphatic rings. The predicted molar refractivity (Wildman–Crippen MR) is 70.6 cm³/mol. The van der Waals surface area contributed by atoms with E-state index < -0.39 is 0 Å². The van der Waals surface area contributed by atoms with E-state index in [1.54, 1.807) is 0 Å². The highest BCUT2D eigenvalue weighted by Crippen LogP contribution is 2.30. The Balaban J connectivity index is 1.96. The molecule has 1 N–H and O–H groups in total. The van der Waals surface area contributed by atoms with Crippen molar-refractivity contribution in [3.63, 3.8) is 0 Å². The van der Waals surface area contributed by atoms with Crippen LogP contribution in [0.4, 0.5) is 0 Å².